The third-order valence-electron chi connectivity index (χ3n) is 4.06. The van der Waals surface area contributed by atoms with Crippen molar-refractivity contribution < 1.29 is 19.0 Å². The fourth-order valence-electron chi connectivity index (χ4n) is 2.78. The van der Waals surface area contributed by atoms with Crippen LogP contribution in [0.1, 0.15) is 31.2 Å². The summed E-state index contributed by atoms with van der Waals surface area (Å²) < 4.78 is 19.5. The molecule has 110 valence electrons. The molecule has 1 aliphatic rings. The molecule has 4 nitrogen and oxygen atoms in total. The van der Waals surface area contributed by atoms with Crippen LogP contribution < -0.4 is 5.73 Å². The summed E-state index contributed by atoms with van der Waals surface area (Å²) >= 11 is 0. The van der Waals surface area contributed by atoms with E-state index >= 15 is 0 Å². The standard InChI is InChI=1S/C15H20FNO3/c16-13-6-2-1-5-12(13)15(10-17,14(18)19)8-7-11-4-3-9-20-11/h1-2,5-6,11H,3-4,7-10,17H2,(H,18,19). The lowest BCUT2D eigenvalue weighted by Gasteiger charge is -2.29. The van der Waals surface area contributed by atoms with Gasteiger partial charge < -0.3 is 15.6 Å². The molecule has 1 heterocycles. The van der Waals surface area contributed by atoms with Crippen LogP contribution in [0.2, 0.25) is 0 Å². The van der Waals surface area contributed by atoms with Crippen molar-refractivity contribution in [3.05, 3.63) is 35.6 Å². The Labute approximate surface area is 117 Å². The summed E-state index contributed by atoms with van der Waals surface area (Å²) in [6.07, 6.45) is 2.85. The van der Waals surface area contributed by atoms with Gasteiger partial charge in [-0.05, 0) is 31.7 Å². The predicted octanol–water partition coefficient (Wildman–Crippen LogP) is 2.07. The monoisotopic (exact) mass is 281 g/mol. The predicted molar refractivity (Wildman–Crippen MR) is 73.0 cm³/mol. The first-order chi connectivity index (χ1) is 9.60. The summed E-state index contributed by atoms with van der Waals surface area (Å²) in [5.74, 6) is -1.60. The summed E-state index contributed by atoms with van der Waals surface area (Å²) in [5.41, 5.74) is 4.49. The summed E-state index contributed by atoms with van der Waals surface area (Å²) in [5, 5.41) is 9.59. The average molecular weight is 281 g/mol. The van der Waals surface area contributed by atoms with E-state index in [2.05, 4.69) is 0 Å². The second-order valence-electron chi connectivity index (χ2n) is 5.24. The number of carboxylic acids is 1. The first-order valence-electron chi connectivity index (χ1n) is 6.90. The van der Waals surface area contributed by atoms with Gasteiger partial charge in [-0.25, -0.2) is 4.39 Å². The Kier molecular flexibility index (Phi) is 4.73. The molecule has 1 saturated heterocycles. The minimum absolute atomic E-state index is 0.0621. The van der Waals surface area contributed by atoms with Crippen LogP contribution in [-0.4, -0.2) is 30.3 Å². The van der Waals surface area contributed by atoms with Gasteiger partial charge in [0, 0.05) is 18.7 Å². The number of carboxylic acid groups (broad SMARTS) is 1. The van der Waals surface area contributed by atoms with Gasteiger partial charge in [-0.2, -0.15) is 0 Å². The SMILES string of the molecule is NCC(CCC1CCCO1)(C(=O)O)c1ccccc1F. The fourth-order valence-corrected chi connectivity index (χ4v) is 2.78. The summed E-state index contributed by atoms with van der Waals surface area (Å²) in [4.78, 5) is 11.7. The Morgan fingerprint density at radius 1 is 1.50 bits per heavy atom. The molecule has 5 heteroatoms. The second-order valence-corrected chi connectivity index (χ2v) is 5.24. The normalized spacial score (nSPS) is 21.6. The highest BCUT2D eigenvalue weighted by atomic mass is 19.1. The third-order valence-corrected chi connectivity index (χ3v) is 4.06. The van der Waals surface area contributed by atoms with Gasteiger partial charge in [-0.3, -0.25) is 4.79 Å². The number of ether oxygens (including phenoxy) is 1. The topological polar surface area (TPSA) is 72.5 Å². The Bertz CT molecular complexity index is 474. The zero-order valence-corrected chi connectivity index (χ0v) is 11.3. The van der Waals surface area contributed by atoms with E-state index in [-0.39, 0.29) is 24.6 Å². The molecule has 0 bridgehead atoms. The van der Waals surface area contributed by atoms with E-state index in [1.54, 1.807) is 12.1 Å². The second kappa shape index (κ2) is 6.33. The third kappa shape index (κ3) is 2.83. The highest BCUT2D eigenvalue weighted by Gasteiger charge is 2.41. The van der Waals surface area contributed by atoms with E-state index in [0.717, 1.165) is 12.8 Å². The van der Waals surface area contributed by atoms with Crippen LogP contribution in [0.25, 0.3) is 0 Å². The molecular weight excluding hydrogens is 261 g/mol. The molecule has 0 radical (unpaired) electrons. The number of carbonyl (C=O) groups is 1. The van der Waals surface area contributed by atoms with Crippen molar-refractivity contribution in [3.8, 4) is 0 Å². The fraction of sp³-hybridized carbons (Fsp3) is 0.533. The Balaban J connectivity index is 2.25. The van der Waals surface area contributed by atoms with Gasteiger partial charge in [0.1, 0.15) is 11.2 Å². The number of benzene rings is 1. The molecular formula is C15H20FNO3. The largest absolute Gasteiger partial charge is 0.481 e. The van der Waals surface area contributed by atoms with E-state index < -0.39 is 17.2 Å². The first-order valence-corrected chi connectivity index (χ1v) is 6.90. The van der Waals surface area contributed by atoms with Crippen molar-refractivity contribution in [3.63, 3.8) is 0 Å². The van der Waals surface area contributed by atoms with Gasteiger partial charge in [0.25, 0.3) is 0 Å². The Morgan fingerprint density at radius 3 is 2.80 bits per heavy atom. The van der Waals surface area contributed by atoms with Crippen molar-refractivity contribution in [2.75, 3.05) is 13.2 Å². The lowest BCUT2D eigenvalue weighted by molar-refractivity contribution is -0.144. The number of aliphatic carboxylic acids is 1. The van der Waals surface area contributed by atoms with Gasteiger partial charge in [0.15, 0.2) is 0 Å². The smallest absolute Gasteiger partial charge is 0.315 e. The molecule has 2 unspecified atom stereocenters. The van der Waals surface area contributed by atoms with Crippen molar-refractivity contribution in [1.82, 2.24) is 0 Å². The number of halogens is 1. The zero-order valence-electron chi connectivity index (χ0n) is 11.3. The van der Waals surface area contributed by atoms with Crippen molar-refractivity contribution in [1.29, 1.82) is 0 Å². The maximum atomic E-state index is 14.0. The molecule has 1 aromatic rings. The van der Waals surface area contributed by atoms with Crippen LogP contribution >= 0.6 is 0 Å². The van der Waals surface area contributed by atoms with E-state index in [1.807, 2.05) is 0 Å². The molecule has 20 heavy (non-hydrogen) atoms. The van der Waals surface area contributed by atoms with E-state index in [1.165, 1.54) is 12.1 Å². The number of rotatable bonds is 6. The van der Waals surface area contributed by atoms with Crippen LogP contribution in [0.15, 0.2) is 24.3 Å². The van der Waals surface area contributed by atoms with Crippen LogP contribution in [-0.2, 0) is 14.9 Å². The minimum atomic E-state index is -1.38. The average Bonchev–Trinajstić information content (AvgIpc) is 2.94. The molecule has 0 amide bonds. The van der Waals surface area contributed by atoms with Gasteiger partial charge >= 0.3 is 5.97 Å². The minimum Gasteiger partial charge on any atom is -0.481 e. The molecule has 1 aliphatic heterocycles. The lowest BCUT2D eigenvalue weighted by atomic mass is 9.75. The highest BCUT2D eigenvalue weighted by Crippen LogP contribution is 2.33. The number of hydrogen-bond donors (Lipinski definition) is 2. The Hall–Kier alpha value is -1.46. The first kappa shape index (κ1) is 14.9. The molecule has 3 N–H and O–H groups in total. The summed E-state index contributed by atoms with van der Waals surface area (Å²) in [7, 11) is 0. The van der Waals surface area contributed by atoms with Crippen LogP contribution in [0.4, 0.5) is 4.39 Å². The lowest BCUT2D eigenvalue weighted by Crippen LogP contribution is -2.44. The maximum Gasteiger partial charge on any atom is 0.315 e. The van der Waals surface area contributed by atoms with Crippen LogP contribution in [0.5, 0.6) is 0 Å². The molecule has 2 atom stereocenters. The highest BCUT2D eigenvalue weighted by molar-refractivity contribution is 5.81. The van der Waals surface area contributed by atoms with Crippen molar-refractivity contribution in [2.45, 2.75) is 37.2 Å². The van der Waals surface area contributed by atoms with Crippen LogP contribution in [0.3, 0.4) is 0 Å². The maximum absolute atomic E-state index is 14.0. The van der Waals surface area contributed by atoms with Gasteiger partial charge in [0.2, 0.25) is 0 Å². The molecule has 0 spiro atoms. The van der Waals surface area contributed by atoms with E-state index in [9.17, 15) is 14.3 Å². The quantitative estimate of drug-likeness (QED) is 0.837. The number of nitrogens with two attached hydrogens (primary N) is 1. The molecule has 0 saturated carbocycles. The van der Waals surface area contributed by atoms with E-state index in [0.29, 0.717) is 13.0 Å². The summed E-state index contributed by atoms with van der Waals surface area (Å²) in [6, 6.07) is 5.96. The molecule has 1 aromatic carbocycles. The molecule has 0 aromatic heterocycles. The van der Waals surface area contributed by atoms with Gasteiger partial charge in [-0.15, -0.1) is 0 Å². The molecule has 0 aliphatic carbocycles. The zero-order chi connectivity index (χ0) is 14.6. The van der Waals surface area contributed by atoms with E-state index in [4.69, 9.17) is 10.5 Å². The summed E-state index contributed by atoms with van der Waals surface area (Å²) in [6.45, 7) is 0.586. The van der Waals surface area contributed by atoms with Crippen molar-refractivity contribution in [2.24, 2.45) is 5.73 Å². The van der Waals surface area contributed by atoms with Crippen molar-refractivity contribution >= 4 is 5.97 Å². The molecule has 1 fully saturated rings. The Morgan fingerprint density at radius 2 is 2.25 bits per heavy atom. The molecule has 2 rings (SSSR count). The van der Waals surface area contributed by atoms with Gasteiger partial charge in [0.05, 0.1) is 6.10 Å². The van der Waals surface area contributed by atoms with Crippen LogP contribution in [0, 0.1) is 5.82 Å². The number of hydrogen-bond acceptors (Lipinski definition) is 3. The van der Waals surface area contributed by atoms with Gasteiger partial charge in [-0.1, -0.05) is 18.2 Å².